The third kappa shape index (κ3) is 5.02. The second-order valence-electron chi connectivity index (χ2n) is 8.12. The molecule has 0 radical (unpaired) electrons. The number of pyridine rings is 1. The maximum absolute atomic E-state index is 4.78. The molecule has 3 aromatic heterocycles. The molecule has 4 rings (SSSR count). The average Bonchev–Trinajstić information content (AvgIpc) is 3.44. The van der Waals surface area contributed by atoms with Gasteiger partial charge in [-0.1, -0.05) is 51.1 Å². The lowest BCUT2D eigenvalue weighted by molar-refractivity contribution is 0.567. The first kappa shape index (κ1) is 20.8. The minimum absolute atomic E-state index is 0.558. The van der Waals surface area contributed by atoms with Gasteiger partial charge in [0.2, 0.25) is 5.82 Å². The molecule has 4 aromatic rings. The van der Waals surface area contributed by atoms with E-state index in [0.29, 0.717) is 18.3 Å². The van der Waals surface area contributed by atoms with Crippen LogP contribution in [-0.4, -0.2) is 40.4 Å². The molecule has 31 heavy (non-hydrogen) atoms. The first-order valence-electron chi connectivity index (χ1n) is 10.8. The lowest BCUT2D eigenvalue weighted by Crippen LogP contribution is -2.07. The number of rotatable bonds is 9. The summed E-state index contributed by atoms with van der Waals surface area (Å²) in [5.41, 5.74) is 3.83. The molecule has 0 bridgehead atoms. The van der Waals surface area contributed by atoms with Crippen molar-refractivity contribution in [2.75, 3.05) is 0 Å². The summed E-state index contributed by atoms with van der Waals surface area (Å²) in [7, 11) is 0. The van der Waals surface area contributed by atoms with Gasteiger partial charge in [0.25, 0.3) is 0 Å². The summed E-state index contributed by atoms with van der Waals surface area (Å²) < 4.78 is 2.03. The molecule has 0 aliphatic heterocycles. The van der Waals surface area contributed by atoms with Crippen LogP contribution in [0.25, 0.3) is 22.6 Å². The van der Waals surface area contributed by atoms with Crippen molar-refractivity contribution in [1.82, 2.24) is 40.4 Å². The highest BCUT2D eigenvalue weighted by atomic mass is 15.5. The third-order valence-corrected chi connectivity index (χ3v) is 5.16. The first-order valence-corrected chi connectivity index (χ1v) is 10.8. The second-order valence-corrected chi connectivity index (χ2v) is 8.12. The molecule has 0 amide bonds. The molecule has 8 nitrogen and oxygen atoms in total. The monoisotopic (exact) mass is 416 g/mol. The fourth-order valence-corrected chi connectivity index (χ4v) is 3.51. The molecule has 0 fully saturated rings. The topological polar surface area (TPSA) is 98.1 Å². The highest BCUT2D eigenvalue weighted by Gasteiger charge is 2.13. The Hall–Kier alpha value is -3.42. The predicted octanol–water partition coefficient (Wildman–Crippen LogP) is 4.11. The number of nitrogens with zero attached hydrogens (tertiary/aromatic N) is 7. The second kappa shape index (κ2) is 9.59. The van der Waals surface area contributed by atoms with Crippen molar-refractivity contribution in [3.8, 4) is 22.6 Å². The SMILES string of the molecule is CCCc1nc(CCC(C)C)nn1Cc1ccc(-c2ccccc2-c2nn[nH]n2)nc1. The summed E-state index contributed by atoms with van der Waals surface area (Å²) >= 11 is 0. The van der Waals surface area contributed by atoms with Crippen LogP contribution in [0.1, 0.15) is 50.8 Å². The number of benzene rings is 1. The van der Waals surface area contributed by atoms with Crippen molar-refractivity contribution >= 4 is 0 Å². The molecular weight excluding hydrogens is 388 g/mol. The number of tetrazole rings is 1. The highest BCUT2D eigenvalue weighted by Crippen LogP contribution is 2.28. The molecule has 3 heterocycles. The van der Waals surface area contributed by atoms with Gasteiger partial charge in [-0.2, -0.15) is 10.3 Å². The summed E-state index contributed by atoms with van der Waals surface area (Å²) in [5.74, 6) is 3.19. The van der Waals surface area contributed by atoms with Gasteiger partial charge in [-0.05, 0) is 35.6 Å². The Morgan fingerprint density at radius 3 is 2.55 bits per heavy atom. The van der Waals surface area contributed by atoms with Crippen LogP contribution < -0.4 is 0 Å². The highest BCUT2D eigenvalue weighted by molar-refractivity contribution is 5.78. The normalized spacial score (nSPS) is 11.4. The summed E-state index contributed by atoms with van der Waals surface area (Å²) in [6.45, 7) is 7.30. The molecule has 160 valence electrons. The predicted molar refractivity (Wildman–Crippen MR) is 119 cm³/mol. The van der Waals surface area contributed by atoms with E-state index >= 15 is 0 Å². The quantitative estimate of drug-likeness (QED) is 0.441. The Morgan fingerprint density at radius 1 is 1.03 bits per heavy atom. The fourth-order valence-electron chi connectivity index (χ4n) is 3.51. The summed E-state index contributed by atoms with van der Waals surface area (Å²) in [6, 6.07) is 12.1. The summed E-state index contributed by atoms with van der Waals surface area (Å²) in [5, 5.41) is 19.2. The maximum atomic E-state index is 4.78. The number of nitrogens with one attached hydrogen (secondary N) is 1. The van der Waals surface area contributed by atoms with Crippen LogP contribution >= 0.6 is 0 Å². The molecule has 1 aromatic carbocycles. The van der Waals surface area contributed by atoms with E-state index in [2.05, 4.69) is 47.5 Å². The Kier molecular flexibility index (Phi) is 6.45. The van der Waals surface area contributed by atoms with Crippen LogP contribution in [0.15, 0.2) is 42.6 Å². The van der Waals surface area contributed by atoms with Gasteiger partial charge in [0.15, 0.2) is 5.82 Å². The van der Waals surface area contributed by atoms with E-state index < -0.39 is 0 Å². The van der Waals surface area contributed by atoms with E-state index in [4.69, 9.17) is 15.1 Å². The average molecular weight is 417 g/mol. The van der Waals surface area contributed by atoms with Crippen molar-refractivity contribution < 1.29 is 0 Å². The summed E-state index contributed by atoms with van der Waals surface area (Å²) in [6.07, 6.45) is 5.91. The van der Waals surface area contributed by atoms with Crippen molar-refractivity contribution in [3.05, 3.63) is 59.8 Å². The van der Waals surface area contributed by atoms with Crippen molar-refractivity contribution in [3.63, 3.8) is 0 Å². The Morgan fingerprint density at radius 2 is 1.87 bits per heavy atom. The van der Waals surface area contributed by atoms with Crippen LogP contribution in [0, 0.1) is 5.92 Å². The molecular formula is C23H28N8. The van der Waals surface area contributed by atoms with Crippen molar-refractivity contribution in [1.29, 1.82) is 0 Å². The molecule has 8 heteroatoms. The molecule has 0 unspecified atom stereocenters. The first-order chi connectivity index (χ1) is 15.1. The van der Waals surface area contributed by atoms with Gasteiger partial charge >= 0.3 is 0 Å². The van der Waals surface area contributed by atoms with Crippen LogP contribution in [0.5, 0.6) is 0 Å². The standard InChI is InChI=1S/C23H28N8/c1-4-7-22-25-21(13-10-16(2)3)28-31(22)15-17-11-12-20(24-14-17)18-8-5-6-9-19(18)23-26-29-30-27-23/h5-6,8-9,11-12,14,16H,4,7,10,13,15H2,1-3H3,(H,26,27,29,30). The van der Waals surface area contributed by atoms with Gasteiger partial charge in [0, 0.05) is 30.2 Å². The van der Waals surface area contributed by atoms with E-state index in [1.54, 1.807) is 0 Å². The number of aromatic amines is 1. The molecule has 0 aliphatic carbocycles. The van der Waals surface area contributed by atoms with Crippen LogP contribution in [0.3, 0.4) is 0 Å². The minimum Gasteiger partial charge on any atom is -0.256 e. The minimum atomic E-state index is 0.558. The molecule has 0 spiro atoms. The Balaban J connectivity index is 1.55. The van der Waals surface area contributed by atoms with E-state index in [-0.39, 0.29) is 0 Å². The lowest BCUT2D eigenvalue weighted by atomic mass is 10.0. The number of H-pyrrole nitrogens is 1. The van der Waals surface area contributed by atoms with Gasteiger partial charge in [-0.15, -0.1) is 10.2 Å². The van der Waals surface area contributed by atoms with Gasteiger partial charge in [-0.25, -0.2) is 9.67 Å². The van der Waals surface area contributed by atoms with Crippen LogP contribution in [0.4, 0.5) is 0 Å². The van der Waals surface area contributed by atoms with E-state index in [1.165, 1.54) is 0 Å². The van der Waals surface area contributed by atoms with Gasteiger partial charge < -0.3 is 0 Å². The molecule has 1 N–H and O–H groups in total. The Bertz CT molecular complexity index is 1100. The number of hydrogen-bond acceptors (Lipinski definition) is 6. The smallest absolute Gasteiger partial charge is 0.205 e. The summed E-state index contributed by atoms with van der Waals surface area (Å²) in [4.78, 5) is 9.49. The number of aromatic nitrogens is 8. The van der Waals surface area contributed by atoms with Crippen LogP contribution in [0.2, 0.25) is 0 Å². The van der Waals surface area contributed by atoms with Gasteiger partial charge in [0.1, 0.15) is 5.82 Å². The molecule has 0 saturated carbocycles. The van der Waals surface area contributed by atoms with Crippen molar-refractivity contribution in [2.24, 2.45) is 5.92 Å². The Labute approximate surface area is 182 Å². The zero-order chi connectivity index (χ0) is 21.6. The molecule has 0 saturated heterocycles. The number of hydrogen-bond donors (Lipinski definition) is 1. The number of aryl methyl sites for hydroxylation is 2. The zero-order valence-corrected chi connectivity index (χ0v) is 18.3. The largest absolute Gasteiger partial charge is 0.256 e. The van der Waals surface area contributed by atoms with Crippen LogP contribution in [-0.2, 0) is 19.4 Å². The third-order valence-electron chi connectivity index (χ3n) is 5.16. The zero-order valence-electron chi connectivity index (χ0n) is 18.3. The van der Waals surface area contributed by atoms with Crippen molar-refractivity contribution in [2.45, 2.75) is 53.0 Å². The van der Waals surface area contributed by atoms with Gasteiger partial charge in [0.05, 0.1) is 12.2 Å². The maximum Gasteiger partial charge on any atom is 0.205 e. The van der Waals surface area contributed by atoms with E-state index in [0.717, 1.165) is 59.7 Å². The molecule has 0 aliphatic rings. The van der Waals surface area contributed by atoms with E-state index in [1.807, 2.05) is 41.2 Å². The van der Waals surface area contributed by atoms with Gasteiger partial charge in [-0.3, -0.25) is 4.98 Å². The lowest BCUT2D eigenvalue weighted by Gasteiger charge is -2.08. The fraction of sp³-hybridized carbons (Fsp3) is 0.391. The van der Waals surface area contributed by atoms with E-state index in [9.17, 15) is 0 Å². The molecule has 0 atom stereocenters.